The van der Waals surface area contributed by atoms with Crippen molar-refractivity contribution in [3.05, 3.63) is 35.4 Å². The lowest BCUT2D eigenvalue weighted by Crippen LogP contribution is -2.57. The Labute approximate surface area is 176 Å². The predicted octanol–water partition coefficient (Wildman–Crippen LogP) is 2.76. The summed E-state index contributed by atoms with van der Waals surface area (Å²) in [6.45, 7) is 9.82. The van der Waals surface area contributed by atoms with Crippen LogP contribution in [0.1, 0.15) is 31.1 Å². The number of hydrogen-bond acceptors (Lipinski definition) is 4. The van der Waals surface area contributed by atoms with Crippen molar-refractivity contribution in [2.24, 2.45) is 4.99 Å². The van der Waals surface area contributed by atoms with Gasteiger partial charge in [-0.15, -0.1) is 0 Å². The highest BCUT2D eigenvalue weighted by Gasteiger charge is 2.33. The fourth-order valence-electron chi connectivity index (χ4n) is 3.87. The molecule has 1 unspecified atom stereocenters. The molecule has 0 radical (unpaired) electrons. The van der Waals surface area contributed by atoms with Gasteiger partial charge in [0.15, 0.2) is 5.96 Å². The average Bonchev–Trinajstić information content (AvgIpc) is 2.74. The molecule has 1 aromatic carbocycles. The van der Waals surface area contributed by atoms with E-state index in [1.165, 1.54) is 12.1 Å². The molecule has 30 heavy (non-hydrogen) atoms. The summed E-state index contributed by atoms with van der Waals surface area (Å²) >= 11 is 0. The highest BCUT2D eigenvalue weighted by molar-refractivity contribution is 5.80. The lowest BCUT2D eigenvalue weighted by Gasteiger charge is -2.42. The first-order valence-electron chi connectivity index (χ1n) is 10.3. The van der Waals surface area contributed by atoms with E-state index in [4.69, 9.17) is 9.47 Å². The zero-order valence-corrected chi connectivity index (χ0v) is 17.8. The SMILES string of the molecule is CN=C(NCC(C)(C)N1CCOCC1)N1CCOC(c2cccc(C(F)(F)F)c2)C1. The minimum absolute atomic E-state index is 0.0769. The molecular weight excluding hydrogens is 397 g/mol. The first-order valence-corrected chi connectivity index (χ1v) is 10.3. The molecule has 6 nitrogen and oxygen atoms in total. The molecule has 2 aliphatic rings. The van der Waals surface area contributed by atoms with Gasteiger partial charge >= 0.3 is 6.18 Å². The summed E-state index contributed by atoms with van der Waals surface area (Å²) in [5, 5.41) is 3.44. The molecule has 2 aliphatic heterocycles. The number of morpholine rings is 2. The second-order valence-electron chi connectivity index (χ2n) is 8.24. The average molecular weight is 428 g/mol. The van der Waals surface area contributed by atoms with E-state index in [1.807, 2.05) is 4.90 Å². The number of nitrogens with one attached hydrogen (secondary N) is 1. The van der Waals surface area contributed by atoms with Crippen molar-refractivity contribution >= 4 is 5.96 Å². The molecule has 168 valence electrons. The van der Waals surface area contributed by atoms with Gasteiger partial charge in [0.1, 0.15) is 6.10 Å². The topological polar surface area (TPSA) is 49.3 Å². The third-order valence-corrected chi connectivity index (χ3v) is 5.71. The van der Waals surface area contributed by atoms with Crippen LogP contribution in [0.25, 0.3) is 0 Å². The normalized spacial score (nSPS) is 22.3. The Morgan fingerprint density at radius 1 is 1.17 bits per heavy atom. The maximum Gasteiger partial charge on any atom is 0.416 e. The van der Waals surface area contributed by atoms with Gasteiger partial charge in [-0.2, -0.15) is 13.2 Å². The smallest absolute Gasteiger partial charge is 0.379 e. The van der Waals surface area contributed by atoms with E-state index >= 15 is 0 Å². The Balaban J connectivity index is 1.63. The Hall–Kier alpha value is -1.84. The molecule has 1 atom stereocenters. The van der Waals surface area contributed by atoms with Crippen LogP contribution in [0.15, 0.2) is 29.3 Å². The summed E-state index contributed by atoms with van der Waals surface area (Å²) in [6, 6.07) is 5.36. The molecular formula is C21H31F3N4O2. The van der Waals surface area contributed by atoms with Crippen LogP contribution in [0.3, 0.4) is 0 Å². The van der Waals surface area contributed by atoms with Crippen LogP contribution in [0.4, 0.5) is 13.2 Å². The highest BCUT2D eigenvalue weighted by atomic mass is 19.4. The minimum atomic E-state index is -4.37. The molecule has 0 amide bonds. The molecule has 2 saturated heterocycles. The highest BCUT2D eigenvalue weighted by Crippen LogP contribution is 2.32. The molecule has 0 aromatic heterocycles. The van der Waals surface area contributed by atoms with Crippen LogP contribution in [-0.2, 0) is 15.7 Å². The van der Waals surface area contributed by atoms with Crippen molar-refractivity contribution in [3.8, 4) is 0 Å². The zero-order chi connectivity index (χ0) is 21.8. The Bertz CT molecular complexity index is 733. The lowest BCUT2D eigenvalue weighted by molar-refractivity contribution is -0.137. The number of ether oxygens (including phenoxy) is 2. The maximum atomic E-state index is 13.1. The van der Waals surface area contributed by atoms with Gasteiger partial charge in [0.05, 0.1) is 31.9 Å². The van der Waals surface area contributed by atoms with Gasteiger partial charge in [-0.3, -0.25) is 9.89 Å². The zero-order valence-electron chi connectivity index (χ0n) is 17.8. The Morgan fingerprint density at radius 3 is 2.57 bits per heavy atom. The van der Waals surface area contributed by atoms with Crippen LogP contribution in [0.2, 0.25) is 0 Å². The van der Waals surface area contributed by atoms with Crippen molar-refractivity contribution in [1.29, 1.82) is 0 Å². The van der Waals surface area contributed by atoms with Crippen molar-refractivity contribution in [2.75, 3.05) is 59.6 Å². The van der Waals surface area contributed by atoms with Crippen molar-refractivity contribution in [1.82, 2.24) is 15.1 Å². The first kappa shape index (κ1) is 22.8. The number of benzene rings is 1. The molecule has 0 bridgehead atoms. The molecule has 0 saturated carbocycles. The number of aliphatic imine (C=N–C) groups is 1. The minimum Gasteiger partial charge on any atom is -0.379 e. The number of nitrogens with zero attached hydrogens (tertiary/aromatic N) is 3. The number of halogens is 3. The van der Waals surface area contributed by atoms with Gasteiger partial charge in [0, 0.05) is 38.8 Å². The third-order valence-electron chi connectivity index (χ3n) is 5.71. The summed E-state index contributed by atoms with van der Waals surface area (Å²) in [6.07, 6.45) is -4.81. The van der Waals surface area contributed by atoms with E-state index in [0.717, 1.165) is 38.3 Å². The fourth-order valence-corrected chi connectivity index (χ4v) is 3.87. The van der Waals surface area contributed by atoms with Crippen molar-refractivity contribution < 1.29 is 22.6 Å². The fraction of sp³-hybridized carbons (Fsp3) is 0.667. The largest absolute Gasteiger partial charge is 0.416 e. The monoisotopic (exact) mass is 428 g/mol. The molecule has 0 aliphatic carbocycles. The van der Waals surface area contributed by atoms with Crippen molar-refractivity contribution in [2.45, 2.75) is 31.7 Å². The Morgan fingerprint density at radius 2 is 1.90 bits per heavy atom. The second-order valence-corrected chi connectivity index (χ2v) is 8.24. The quantitative estimate of drug-likeness (QED) is 0.591. The van der Waals surface area contributed by atoms with Gasteiger partial charge < -0.3 is 19.7 Å². The summed E-state index contributed by atoms with van der Waals surface area (Å²) in [7, 11) is 1.72. The molecule has 1 aromatic rings. The summed E-state index contributed by atoms with van der Waals surface area (Å²) in [4.78, 5) is 8.83. The molecule has 2 heterocycles. The molecule has 1 N–H and O–H groups in total. The van der Waals surface area contributed by atoms with E-state index in [1.54, 1.807) is 13.1 Å². The van der Waals surface area contributed by atoms with Crippen LogP contribution in [0, 0.1) is 0 Å². The predicted molar refractivity (Wildman–Crippen MR) is 110 cm³/mol. The third kappa shape index (κ3) is 5.65. The van der Waals surface area contributed by atoms with E-state index in [-0.39, 0.29) is 5.54 Å². The number of rotatable bonds is 4. The van der Waals surface area contributed by atoms with E-state index < -0.39 is 17.8 Å². The van der Waals surface area contributed by atoms with E-state index in [9.17, 15) is 13.2 Å². The lowest BCUT2D eigenvalue weighted by atomic mass is 10.0. The number of guanidine groups is 1. The number of alkyl halides is 3. The number of hydrogen-bond donors (Lipinski definition) is 1. The van der Waals surface area contributed by atoms with Crippen molar-refractivity contribution in [3.63, 3.8) is 0 Å². The molecule has 3 rings (SSSR count). The maximum absolute atomic E-state index is 13.1. The van der Waals surface area contributed by atoms with Crippen LogP contribution in [-0.4, -0.2) is 80.9 Å². The summed E-state index contributed by atoms with van der Waals surface area (Å²) in [5.74, 6) is 0.733. The van der Waals surface area contributed by atoms with Gasteiger partial charge in [-0.25, -0.2) is 0 Å². The summed E-state index contributed by atoms with van der Waals surface area (Å²) < 4.78 is 50.4. The van der Waals surface area contributed by atoms with Gasteiger partial charge in [-0.1, -0.05) is 12.1 Å². The molecule has 2 fully saturated rings. The van der Waals surface area contributed by atoms with Crippen LogP contribution in [0.5, 0.6) is 0 Å². The molecule has 0 spiro atoms. The standard InChI is InChI=1S/C21H31F3N4O2/c1-20(2,28-8-10-29-11-9-28)15-26-19(25-3)27-7-12-30-18(14-27)16-5-4-6-17(13-16)21(22,23)24/h4-6,13,18H,7-12,14-15H2,1-3H3,(H,25,26). The Kier molecular flexibility index (Phi) is 7.26. The van der Waals surface area contributed by atoms with E-state index in [0.29, 0.717) is 31.8 Å². The summed E-state index contributed by atoms with van der Waals surface area (Å²) in [5.41, 5.74) is -0.207. The van der Waals surface area contributed by atoms with Crippen LogP contribution >= 0.6 is 0 Å². The van der Waals surface area contributed by atoms with E-state index in [2.05, 4.69) is 29.1 Å². The first-order chi connectivity index (χ1) is 14.2. The van der Waals surface area contributed by atoms with Crippen LogP contribution < -0.4 is 5.32 Å². The van der Waals surface area contributed by atoms with Gasteiger partial charge in [0.2, 0.25) is 0 Å². The second kappa shape index (κ2) is 9.53. The molecule has 9 heteroatoms. The van der Waals surface area contributed by atoms with Gasteiger partial charge in [0.25, 0.3) is 0 Å². The van der Waals surface area contributed by atoms with Gasteiger partial charge in [-0.05, 0) is 31.5 Å².